The van der Waals surface area contributed by atoms with E-state index in [4.69, 9.17) is 10.2 Å². The van der Waals surface area contributed by atoms with Gasteiger partial charge in [-0.15, -0.1) is 4.67 Å². The normalized spacial score (nSPS) is 13.0. The lowest BCUT2D eigenvalue weighted by molar-refractivity contribution is -0.162. The number of unbranched alkanes of at least 4 members (excludes halogenated alkanes) is 13. The van der Waals surface area contributed by atoms with Crippen LogP contribution >= 0.6 is 7.82 Å². The first-order valence-corrected chi connectivity index (χ1v) is 10.4. The SMILES string of the molecule is CCCCCCCCCCCCCCCCOP(=O)(O)OO.N.N. The second-order valence-corrected chi connectivity index (χ2v) is 7.34. The van der Waals surface area contributed by atoms with Crippen molar-refractivity contribution in [2.75, 3.05) is 6.61 Å². The first kappa shape index (κ1) is 28.8. The number of rotatable bonds is 17. The Morgan fingerprint density at radius 2 is 1.04 bits per heavy atom. The Kier molecular flexibility index (Phi) is 25.2. The van der Waals surface area contributed by atoms with Crippen LogP contribution < -0.4 is 12.3 Å². The van der Waals surface area contributed by atoms with Crippen molar-refractivity contribution >= 4 is 7.82 Å². The molecule has 0 aromatic heterocycles. The average molecular weight is 372 g/mol. The van der Waals surface area contributed by atoms with Crippen molar-refractivity contribution in [3.8, 4) is 0 Å². The average Bonchev–Trinajstić information content (AvgIpc) is 2.51. The van der Waals surface area contributed by atoms with E-state index >= 15 is 0 Å². The molecule has 0 fully saturated rings. The monoisotopic (exact) mass is 372 g/mol. The smallest absolute Gasteiger partial charge is 0.344 e. The fourth-order valence-electron chi connectivity index (χ4n) is 2.50. The van der Waals surface area contributed by atoms with Crippen molar-refractivity contribution in [1.29, 1.82) is 0 Å². The highest BCUT2D eigenvalue weighted by molar-refractivity contribution is 7.47. The third-order valence-electron chi connectivity index (χ3n) is 3.86. The Morgan fingerprint density at radius 1 is 0.708 bits per heavy atom. The minimum atomic E-state index is -4.20. The molecule has 150 valence electrons. The molecule has 0 aliphatic rings. The summed E-state index contributed by atoms with van der Waals surface area (Å²) in [7, 11) is -4.20. The van der Waals surface area contributed by atoms with Gasteiger partial charge in [0.05, 0.1) is 6.61 Å². The number of hydrogen-bond acceptors (Lipinski definition) is 6. The first-order valence-electron chi connectivity index (χ1n) is 8.93. The molecule has 24 heavy (non-hydrogen) atoms. The van der Waals surface area contributed by atoms with Gasteiger partial charge in [0.15, 0.2) is 0 Å². The molecule has 0 spiro atoms. The molecule has 0 aromatic rings. The van der Waals surface area contributed by atoms with Gasteiger partial charge in [0.1, 0.15) is 0 Å². The molecule has 0 aromatic carbocycles. The van der Waals surface area contributed by atoms with E-state index in [1.165, 1.54) is 70.6 Å². The summed E-state index contributed by atoms with van der Waals surface area (Å²) in [6, 6.07) is 0. The van der Waals surface area contributed by atoms with E-state index in [9.17, 15) is 4.57 Å². The van der Waals surface area contributed by atoms with Gasteiger partial charge < -0.3 is 17.2 Å². The number of hydrogen-bond donors (Lipinski definition) is 4. The van der Waals surface area contributed by atoms with E-state index < -0.39 is 7.82 Å². The van der Waals surface area contributed by atoms with Gasteiger partial charge in [0, 0.05) is 0 Å². The van der Waals surface area contributed by atoms with E-state index in [2.05, 4.69) is 16.1 Å². The lowest BCUT2D eigenvalue weighted by Crippen LogP contribution is -1.94. The van der Waals surface area contributed by atoms with Gasteiger partial charge in [-0.25, -0.2) is 9.82 Å². The molecule has 8 heteroatoms. The first-order chi connectivity index (χ1) is 10.6. The van der Waals surface area contributed by atoms with Crippen LogP contribution in [-0.2, 0) is 13.8 Å². The van der Waals surface area contributed by atoms with Crippen molar-refractivity contribution in [2.45, 2.75) is 96.8 Å². The van der Waals surface area contributed by atoms with Crippen LogP contribution in [0.1, 0.15) is 96.8 Å². The van der Waals surface area contributed by atoms with E-state index in [0.717, 1.165) is 12.8 Å². The molecule has 7 nitrogen and oxygen atoms in total. The second kappa shape index (κ2) is 21.0. The quantitative estimate of drug-likeness (QED) is 0.0999. The minimum absolute atomic E-state index is 0. The summed E-state index contributed by atoms with van der Waals surface area (Å²) < 4.78 is 18.6. The Balaban J connectivity index is -0.00000220. The molecule has 0 rings (SSSR count). The number of phosphoric acid groups is 1. The Hall–Kier alpha value is -0.0100. The molecule has 0 saturated carbocycles. The van der Waals surface area contributed by atoms with Crippen LogP contribution in [0.3, 0.4) is 0 Å². The fourth-order valence-corrected chi connectivity index (χ4v) is 2.91. The highest BCUT2D eigenvalue weighted by Crippen LogP contribution is 2.41. The predicted octanol–water partition coefficient (Wildman–Crippen LogP) is 6.40. The predicted molar refractivity (Wildman–Crippen MR) is 99.8 cm³/mol. The lowest BCUT2D eigenvalue weighted by atomic mass is 10.0. The summed E-state index contributed by atoms with van der Waals surface area (Å²) in [4.78, 5) is 8.79. The maximum Gasteiger partial charge on any atom is 0.499 e. The van der Waals surface area contributed by atoms with Crippen LogP contribution in [0.2, 0.25) is 0 Å². The Labute approximate surface area is 148 Å². The van der Waals surface area contributed by atoms with Crippen LogP contribution in [0, 0.1) is 0 Å². The molecule has 0 aliphatic carbocycles. The van der Waals surface area contributed by atoms with Gasteiger partial charge >= 0.3 is 7.82 Å². The zero-order valence-electron chi connectivity index (χ0n) is 15.6. The third kappa shape index (κ3) is 22.0. The summed E-state index contributed by atoms with van der Waals surface area (Å²) in [6.45, 7) is 2.40. The fraction of sp³-hybridized carbons (Fsp3) is 1.00. The zero-order valence-corrected chi connectivity index (χ0v) is 16.5. The van der Waals surface area contributed by atoms with Crippen LogP contribution in [0.4, 0.5) is 0 Å². The van der Waals surface area contributed by atoms with Gasteiger partial charge in [-0.1, -0.05) is 90.4 Å². The lowest BCUT2D eigenvalue weighted by Gasteiger charge is -2.07. The highest BCUT2D eigenvalue weighted by Gasteiger charge is 2.19. The molecule has 1 unspecified atom stereocenters. The maximum atomic E-state index is 10.8. The molecule has 0 aliphatic heterocycles. The summed E-state index contributed by atoms with van der Waals surface area (Å²) in [5.41, 5.74) is 0. The van der Waals surface area contributed by atoms with Gasteiger partial charge in [0.25, 0.3) is 0 Å². The summed E-state index contributed by atoms with van der Waals surface area (Å²) in [5, 5.41) is 8.07. The van der Waals surface area contributed by atoms with Crippen LogP contribution in [-0.4, -0.2) is 16.8 Å². The Bertz CT molecular complexity index is 283. The van der Waals surface area contributed by atoms with Crippen LogP contribution in [0.25, 0.3) is 0 Å². The van der Waals surface area contributed by atoms with E-state index in [-0.39, 0.29) is 18.9 Å². The van der Waals surface area contributed by atoms with Gasteiger partial charge in [-0.2, -0.15) is 0 Å². The topological polar surface area (TPSA) is 146 Å². The molecule has 0 amide bonds. The van der Waals surface area contributed by atoms with Gasteiger partial charge in [-0.3, -0.25) is 4.52 Å². The van der Waals surface area contributed by atoms with Crippen LogP contribution in [0.15, 0.2) is 0 Å². The minimum Gasteiger partial charge on any atom is -0.344 e. The second-order valence-electron chi connectivity index (χ2n) is 5.98. The summed E-state index contributed by atoms with van der Waals surface area (Å²) >= 11 is 0. The zero-order chi connectivity index (χ0) is 16.5. The molecule has 0 heterocycles. The van der Waals surface area contributed by atoms with Crippen molar-refractivity contribution in [1.82, 2.24) is 12.3 Å². The largest absolute Gasteiger partial charge is 0.499 e. The van der Waals surface area contributed by atoms with E-state index in [0.29, 0.717) is 6.42 Å². The Morgan fingerprint density at radius 3 is 1.38 bits per heavy atom. The van der Waals surface area contributed by atoms with Gasteiger partial charge in [0.2, 0.25) is 0 Å². The summed E-state index contributed by atoms with van der Waals surface area (Å²) in [5.74, 6) is 0. The number of phosphoric ester groups is 1. The summed E-state index contributed by atoms with van der Waals surface area (Å²) in [6.07, 6.45) is 17.6. The van der Waals surface area contributed by atoms with Crippen LogP contribution in [0.5, 0.6) is 0 Å². The molecule has 0 radical (unpaired) electrons. The van der Waals surface area contributed by atoms with Crippen molar-refractivity contribution < 1.29 is 23.9 Å². The van der Waals surface area contributed by atoms with Crippen molar-refractivity contribution in [2.24, 2.45) is 0 Å². The maximum absolute atomic E-state index is 10.8. The van der Waals surface area contributed by atoms with E-state index in [1.807, 2.05) is 0 Å². The highest BCUT2D eigenvalue weighted by atomic mass is 31.2. The molecule has 1 atom stereocenters. The third-order valence-corrected chi connectivity index (χ3v) is 4.57. The molecule has 8 N–H and O–H groups in total. The van der Waals surface area contributed by atoms with Crippen molar-refractivity contribution in [3.05, 3.63) is 0 Å². The van der Waals surface area contributed by atoms with Crippen molar-refractivity contribution in [3.63, 3.8) is 0 Å². The molecule has 0 saturated heterocycles. The standard InChI is InChI=1S/C16H35O5P.2H3N/c1-2-3-4-5-6-7-8-9-10-11-12-13-14-15-16-20-22(18,19)21-17;;/h17H,2-16H2,1H3,(H,18,19);2*1H3. The van der Waals surface area contributed by atoms with Gasteiger partial charge in [-0.05, 0) is 6.42 Å². The molecular weight excluding hydrogens is 331 g/mol. The van der Waals surface area contributed by atoms with E-state index in [1.54, 1.807) is 0 Å². The molecular formula is C16H41N2O5P. The molecule has 0 bridgehead atoms.